The van der Waals surface area contributed by atoms with Gasteiger partial charge in [-0.15, -0.1) is 0 Å². The van der Waals surface area contributed by atoms with Gasteiger partial charge < -0.3 is 0 Å². The third-order valence-electron chi connectivity index (χ3n) is 13.0. The molecule has 0 bridgehead atoms. The van der Waals surface area contributed by atoms with Crippen molar-refractivity contribution in [3.63, 3.8) is 0 Å². The minimum atomic E-state index is -0.527. The van der Waals surface area contributed by atoms with E-state index in [1.54, 1.807) is 0 Å². The maximum absolute atomic E-state index is 5.44. The monoisotopic (exact) mass is 734 g/mol. The van der Waals surface area contributed by atoms with Gasteiger partial charge in [-0.3, -0.25) is 4.57 Å². The minimum Gasteiger partial charge on any atom is -0.295 e. The fraction of sp³-hybridized carbons (Fsp3) is 0.0179. The fourth-order valence-electron chi connectivity index (χ4n) is 10.5. The Morgan fingerprint density at radius 3 is 1.53 bits per heavy atom. The van der Waals surface area contributed by atoms with Crippen molar-refractivity contribution in [2.75, 3.05) is 0 Å². The van der Waals surface area contributed by atoms with Crippen LogP contribution in [0.15, 0.2) is 206 Å². The number of fused-ring (bicyclic) bond motifs is 18. The van der Waals surface area contributed by atoms with Crippen molar-refractivity contribution in [3.8, 4) is 50.2 Å². The van der Waals surface area contributed by atoms with E-state index >= 15 is 0 Å². The molecule has 1 aromatic heterocycles. The summed E-state index contributed by atoms with van der Waals surface area (Å²) in [5.41, 5.74) is 16.5. The highest BCUT2D eigenvalue weighted by Gasteiger charge is 2.54. The topological polar surface area (TPSA) is 17.8 Å². The van der Waals surface area contributed by atoms with Gasteiger partial charge in [0.15, 0.2) is 0 Å². The van der Waals surface area contributed by atoms with Gasteiger partial charge in [0.25, 0.3) is 0 Å². The molecule has 1 atom stereocenters. The van der Waals surface area contributed by atoms with E-state index in [4.69, 9.17) is 4.98 Å². The number of benzene rings is 10. The zero-order chi connectivity index (χ0) is 38.0. The van der Waals surface area contributed by atoms with Crippen LogP contribution < -0.4 is 0 Å². The predicted octanol–water partition coefficient (Wildman–Crippen LogP) is 14.2. The van der Waals surface area contributed by atoms with Gasteiger partial charge in [-0.2, -0.15) is 0 Å². The SMILES string of the molecule is c1cc(-c2cccc(-c3ccc4c5ccccc5c5ccccc5c4c3)c2)cc(-c2ccc3c(c2)C2(c4ccccc4-3)c3ccccc3-n3c2nc2ccccc23)c1. The second kappa shape index (κ2) is 11.7. The van der Waals surface area contributed by atoms with E-state index in [9.17, 15) is 0 Å². The highest BCUT2D eigenvalue weighted by atomic mass is 15.1. The van der Waals surface area contributed by atoms with Crippen LogP contribution in [0.2, 0.25) is 0 Å². The summed E-state index contributed by atoms with van der Waals surface area (Å²) in [6, 6.07) is 76.1. The van der Waals surface area contributed by atoms with Gasteiger partial charge in [-0.05, 0) is 136 Å². The third-order valence-corrected chi connectivity index (χ3v) is 13.0. The Morgan fingerprint density at radius 1 is 0.328 bits per heavy atom. The molecule has 0 amide bonds. The largest absolute Gasteiger partial charge is 0.295 e. The van der Waals surface area contributed by atoms with Gasteiger partial charge in [0.2, 0.25) is 0 Å². The van der Waals surface area contributed by atoms with Crippen LogP contribution >= 0.6 is 0 Å². The van der Waals surface area contributed by atoms with E-state index in [1.807, 2.05) is 0 Å². The van der Waals surface area contributed by atoms with E-state index in [1.165, 1.54) is 99.2 Å². The number of imidazole rings is 1. The van der Waals surface area contributed by atoms with Crippen molar-refractivity contribution in [2.24, 2.45) is 0 Å². The van der Waals surface area contributed by atoms with Gasteiger partial charge in [-0.25, -0.2) is 4.98 Å². The van der Waals surface area contributed by atoms with Crippen LogP contribution in [0.25, 0.3) is 93.5 Å². The number of rotatable bonds is 3. The van der Waals surface area contributed by atoms with Gasteiger partial charge in [0.1, 0.15) is 11.2 Å². The maximum Gasteiger partial charge on any atom is 0.134 e. The van der Waals surface area contributed by atoms with Crippen LogP contribution in [0.3, 0.4) is 0 Å². The van der Waals surface area contributed by atoms with E-state index in [-0.39, 0.29) is 0 Å². The molecule has 1 aliphatic heterocycles. The molecular formula is C56H34N2. The van der Waals surface area contributed by atoms with Crippen molar-refractivity contribution in [1.82, 2.24) is 9.55 Å². The summed E-state index contributed by atoms with van der Waals surface area (Å²) >= 11 is 0. The lowest BCUT2D eigenvalue weighted by Gasteiger charge is -2.27. The molecule has 58 heavy (non-hydrogen) atoms. The molecule has 1 aliphatic carbocycles. The summed E-state index contributed by atoms with van der Waals surface area (Å²) in [4.78, 5) is 5.44. The molecule has 2 heteroatoms. The minimum absolute atomic E-state index is 0.527. The molecule has 0 radical (unpaired) electrons. The second-order valence-electron chi connectivity index (χ2n) is 15.8. The smallest absolute Gasteiger partial charge is 0.134 e. The molecule has 0 N–H and O–H groups in total. The molecule has 0 fully saturated rings. The first-order valence-electron chi connectivity index (χ1n) is 20.1. The van der Waals surface area contributed by atoms with Crippen molar-refractivity contribution in [1.29, 1.82) is 0 Å². The fourth-order valence-corrected chi connectivity index (χ4v) is 10.5. The summed E-state index contributed by atoms with van der Waals surface area (Å²) in [7, 11) is 0. The van der Waals surface area contributed by atoms with Crippen molar-refractivity contribution in [3.05, 3.63) is 229 Å². The Morgan fingerprint density at radius 2 is 0.828 bits per heavy atom. The summed E-state index contributed by atoms with van der Waals surface area (Å²) in [5, 5.41) is 7.77. The number of aromatic nitrogens is 2. The van der Waals surface area contributed by atoms with Crippen LogP contribution in [0, 0.1) is 0 Å². The molecule has 13 rings (SSSR count). The first-order chi connectivity index (χ1) is 28.8. The first kappa shape index (κ1) is 31.6. The molecular weight excluding hydrogens is 701 g/mol. The zero-order valence-corrected chi connectivity index (χ0v) is 31.5. The Kier molecular flexibility index (Phi) is 6.40. The molecule has 268 valence electrons. The molecule has 2 heterocycles. The Labute approximate surface area is 335 Å². The summed E-state index contributed by atoms with van der Waals surface area (Å²) in [6.45, 7) is 0. The van der Waals surface area contributed by atoms with Crippen LogP contribution in [0.4, 0.5) is 0 Å². The van der Waals surface area contributed by atoms with E-state index < -0.39 is 5.41 Å². The van der Waals surface area contributed by atoms with Crippen molar-refractivity contribution in [2.45, 2.75) is 5.41 Å². The van der Waals surface area contributed by atoms with Crippen molar-refractivity contribution < 1.29 is 0 Å². The van der Waals surface area contributed by atoms with Crippen LogP contribution in [-0.2, 0) is 5.41 Å². The third kappa shape index (κ3) is 4.18. The first-order valence-corrected chi connectivity index (χ1v) is 20.1. The lowest BCUT2D eigenvalue weighted by molar-refractivity contribution is 0.738. The van der Waals surface area contributed by atoms with Gasteiger partial charge >= 0.3 is 0 Å². The highest BCUT2D eigenvalue weighted by Crippen LogP contribution is 2.61. The molecule has 11 aromatic rings. The molecule has 1 spiro atoms. The quantitative estimate of drug-likeness (QED) is 0.165. The highest BCUT2D eigenvalue weighted by molar-refractivity contribution is 6.25. The van der Waals surface area contributed by atoms with Crippen molar-refractivity contribution >= 4 is 43.4 Å². The van der Waals surface area contributed by atoms with Crippen LogP contribution in [0.1, 0.15) is 22.5 Å². The second-order valence-corrected chi connectivity index (χ2v) is 15.8. The number of hydrogen-bond donors (Lipinski definition) is 0. The maximum atomic E-state index is 5.44. The van der Waals surface area contributed by atoms with E-state index in [0.29, 0.717) is 0 Å². The molecule has 10 aromatic carbocycles. The number of nitrogens with zero attached hydrogens (tertiary/aromatic N) is 2. The summed E-state index contributed by atoms with van der Waals surface area (Å²) in [6.07, 6.45) is 0. The summed E-state index contributed by atoms with van der Waals surface area (Å²) < 4.78 is 2.40. The normalized spacial score (nSPS) is 15.0. The molecule has 2 nitrogen and oxygen atoms in total. The lowest BCUT2D eigenvalue weighted by atomic mass is 9.72. The lowest BCUT2D eigenvalue weighted by Crippen LogP contribution is -2.27. The number of para-hydroxylation sites is 3. The average Bonchev–Trinajstić information content (AvgIpc) is 3.93. The molecule has 2 aliphatic rings. The Hall–Kier alpha value is -7.55. The van der Waals surface area contributed by atoms with Gasteiger partial charge in [0, 0.05) is 0 Å². The van der Waals surface area contributed by atoms with E-state index in [0.717, 1.165) is 16.9 Å². The molecule has 0 saturated heterocycles. The number of hydrogen-bond acceptors (Lipinski definition) is 1. The molecule has 0 saturated carbocycles. The van der Waals surface area contributed by atoms with Crippen LogP contribution in [0.5, 0.6) is 0 Å². The van der Waals surface area contributed by atoms with Gasteiger partial charge in [0.05, 0.1) is 16.7 Å². The molecule has 1 unspecified atom stereocenters. The predicted molar refractivity (Wildman–Crippen MR) is 241 cm³/mol. The van der Waals surface area contributed by atoms with Crippen LogP contribution in [-0.4, -0.2) is 9.55 Å². The van der Waals surface area contributed by atoms with Gasteiger partial charge in [-0.1, -0.05) is 164 Å². The standard InChI is InChI=1S/C56H34N2/c1-2-19-43-41(17-1)42-18-3-4-20-44(42)48-33-39(27-29-45(43)48)37-15-11-13-35(31-37)36-14-12-16-38(32-36)40-28-30-47-46-21-5-6-22-49(46)56(51(47)34-40)50-23-7-9-25-53(50)58-54-26-10-8-24-52(54)57-55(56)58/h1-34H. The Bertz CT molecular complexity index is 3500. The Balaban J connectivity index is 0.945. The van der Waals surface area contributed by atoms with E-state index in [2.05, 4.69) is 211 Å². The zero-order valence-electron chi connectivity index (χ0n) is 31.5. The average molecular weight is 735 g/mol. The summed E-state index contributed by atoms with van der Waals surface area (Å²) in [5.74, 6) is 1.07.